The van der Waals surface area contributed by atoms with Crippen molar-refractivity contribution in [3.63, 3.8) is 0 Å². The molecule has 16 heavy (non-hydrogen) atoms. The summed E-state index contributed by atoms with van der Waals surface area (Å²) in [4.78, 5) is 2.07. The average Bonchev–Trinajstić information content (AvgIpc) is 2.29. The van der Waals surface area contributed by atoms with Crippen LogP contribution in [0, 0.1) is 0 Å². The van der Waals surface area contributed by atoms with Gasteiger partial charge in [0, 0.05) is 13.7 Å². The third-order valence-electron chi connectivity index (χ3n) is 2.25. The lowest BCUT2D eigenvalue weighted by Crippen LogP contribution is -2.20. The van der Waals surface area contributed by atoms with Gasteiger partial charge in [0.1, 0.15) is 0 Å². The van der Waals surface area contributed by atoms with Crippen LogP contribution in [0.5, 0.6) is 11.5 Å². The van der Waals surface area contributed by atoms with Gasteiger partial charge >= 0.3 is 0 Å². The quantitative estimate of drug-likeness (QED) is 0.690. The minimum atomic E-state index is 0.606. The normalized spacial score (nSPS) is 10.6. The Bertz CT molecular complexity index is 328. The molecule has 0 atom stereocenters. The molecule has 0 fully saturated rings. The average molecular weight is 225 g/mol. The largest absolute Gasteiger partial charge is 0.493 e. The van der Waals surface area contributed by atoms with Crippen LogP contribution >= 0.6 is 0 Å². The first-order valence-electron chi connectivity index (χ1n) is 5.09. The van der Waals surface area contributed by atoms with E-state index in [1.165, 1.54) is 0 Å². The molecular weight excluding hydrogens is 206 g/mol. The molecule has 0 aliphatic heterocycles. The van der Waals surface area contributed by atoms with Gasteiger partial charge in [-0.15, -0.1) is 0 Å². The van der Waals surface area contributed by atoms with E-state index in [9.17, 15) is 0 Å². The molecule has 0 N–H and O–H groups in total. The molecule has 0 aliphatic rings. The lowest BCUT2D eigenvalue weighted by atomic mass is 10.2. The molecule has 1 aromatic rings. The summed E-state index contributed by atoms with van der Waals surface area (Å²) in [5.74, 6) is 1.51. The summed E-state index contributed by atoms with van der Waals surface area (Å²) >= 11 is 0. The topological polar surface area (TPSA) is 30.9 Å². The Morgan fingerprint density at radius 2 is 1.75 bits per heavy atom. The van der Waals surface area contributed by atoms with Crippen LogP contribution in [-0.2, 0) is 11.3 Å². The molecule has 0 unspecified atom stereocenters. The van der Waals surface area contributed by atoms with E-state index in [-0.39, 0.29) is 0 Å². The summed E-state index contributed by atoms with van der Waals surface area (Å²) in [5.41, 5.74) is 1.16. The summed E-state index contributed by atoms with van der Waals surface area (Å²) < 4.78 is 15.5. The van der Waals surface area contributed by atoms with E-state index in [1.807, 2.05) is 25.2 Å². The van der Waals surface area contributed by atoms with Crippen LogP contribution < -0.4 is 9.47 Å². The van der Waals surface area contributed by atoms with Crippen LogP contribution in [0.15, 0.2) is 18.2 Å². The number of methoxy groups -OCH3 is 3. The zero-order valence-electron chi connectivity index (χ0n) is 10.3. The molecule has 4 nitrogen and oxygen atoms in total. The Kier molecular flexibility index (Phi) is 5.08. The van der Waals surface area contributed by atoms with Crippen molar-refractivity contribution in [2.75, 3.05) is 35.1 Å². The maximum atomic E-state index is 5.24. The Morgan fingerprint density at radius 3 is 2.31 bits per heavy atom. The van der Waals surface area contributed by atoms with Crippen LogP contribution in [0.2, 0.25) is 0 Å². The van der Waals surface area contributed by atoms with E-state index >= 15 is 0 Å². The van der Waals surface area contributed by atoms with E-state index in [2.05, 4.69) is 4.90 Å². The van der Waals surface area contributed by atoms with Crippen molar-refractivity contribution in [1.29, 1.82) is 0 Å². The smallest absolute Gasteiger partial charge is 0.161 e. The van der Waals surface area contributed by atoms with Crippen molar-refractivity contribution >= 4 is 0 Å². The van der Waals surface area contributed by atoms with Gasteiger partial charge in [-0.3, -0.25) is 4.90 Å². The van der Waals surface area contributed by atoms with Crippen LogP contribution in [-0.4, -0.2) is 40.0 Å². The molecule has 0 saturated heterocycles. The highest BCUT2D eigenvalue weighted by Gasteiger charge is 2.06. The van der Waals surface area contributed by atoms with Gasteiger partial charge in [-0.25, -0.2) is 0 Å². The molecule has 0 aromatic heterocycles. The molecule has 0 spiro atoms. The van der Waals surface area contributed by atoms with Gasteiger partial charge in [0.25, 0.3) is 0 Å². The fourth-order valence-corrected chi connectivity index (χ4v) is 1.56. The summed E-state index contributed by atoms with van der Waals surface area (Å²) in [5, 5.41) is 0. The molecule has 4 heteroatoms. The molecule has 0 saturated carbocycles. The second-order valence-corrected chi connectivity index (χ2v) is 3.62. The predicted molar refractivity (Wildman–Crippen MR) is 62.9 cm³/mol. The maximum Gasteiger partial charge on any atom is 0.161 e. The predicted octanol–water partition coefficient (Wildman–Crippen LogP) is 1.74. The second-order valence-electron chi connectivity index (χ2n) is 3.62. The minimum absolute atomic E-state index is 0.606. The minimum Gasteiger partial charge on any atom is -0.493 e. The number of rotatable bonds is 6. The third-order valence-corrected chi connectivity index (χ3v) is 2.25. The van der Waals surface area contributed by atoms with E-state index in [1.54, 1.807) is 21.3 Å². The second kappa shape index (κ2) is 6.35. The molecule has 0 amide bonds. The number of benzene rings is 1. The Balaban J connectivity index is 2.74. The molecule has 90 valence electrons. The molecule has 0 heterocycles. The Labute approximate surface area is 96.7 Å². The fraction of sp³-hybridized carbons (Fsp3) is 0.500. The number of nitrogens with zero attached hydrogens (tertiary/aromatic N) is 1. The van der Waals surface area contributed by atoms with Gasteiger partial charge in [-0.05, 0) is 24.7 Å². The van der Waals surface area contributed by atoms with Crippen molar-refractivity contribution < 1.29 is 14.2 Å². The standard InChI is InChI=1S/C12H19NO3/c1-13(9-14-2)8-10-5-6-11(15-3)12(7-10)16-4/h5-7H,8-9H2,1-4H3. The van der Waals surface area contributed by atoms with Crippen LogP contribution in [0.1, 0.15) is 5.56 Å². The summed E-state index contributed by atoms with van der Waals surface area (Å²) in [6.45, 7) is 1.42. The van der Waals surface area contributed by atoms with Gasteiger partial charge in [0.2, 0.25) is 0 Å². The lowest BCUT2D eigenvalue weighted by molar-refractivity contribution is 0.0771. The molecule has 0 aliphatic carbocycles. The van der Waals surface area contributed by atoms with E-state index in [0.717, 1.165) is 23.6 Å². The van der Waals surface area contributed by atoms with Gasteiger partial charge < -0.3 is 14.2 Å². The first-order chi connectivity index (χ1) is 7.71. The van der Waals surface area contributed by atoms with E-state index in [4.69, 9.17) is 14.2 Å². The van der Waals surface area contributed by atoms with Crippen molar-refractivity contribution in [3.05, 3.63) is 23.8 Å². The zero-order chi connectivity index (χ0) is 12.0. The van der Waals surface area contributed by atoms with E-state index < -0.39 is 0 Å². The maximum absolute atomic E-state index is 5.24. The fourth-order valence-electron chi connectivity index (χ4n) is 1.56. The Morgan fingerprint density at radius 1 is 1.06 bits per heavy atom. The Hall–Kier alpha value is -1.26. The van der Waals surface area contributed by atoms with Crippen molar-refractivity contribution in [3.8, 4) is 11.5 Å². The molecular formula is C12H19NO3. The van der Waals surface area contributed by atoms with Gasteiger partial charge in [0.15, 0.2) is 11.5 Å². The van der Waals surface area contributed by atoms with Crippen LogP contribution in [0.3, 0.4) is 0 Å². The molecule has 1 aromatic carbocycles. The van der Waals surface area contributed by atoms with Crippen molar-refractivity contribution in [2.45, 2.75) is 6.54 Å². The van der Waals surface area contributed by atoms with Gasteiger partial charge in [0.05, 0.1) is 21.0 Å². The summed E-state index contributed by atoms with van der Waals surface area (Å²) in [6.07, 6.45) is 0. The van der Waals surface area contributed by atoms with Crippen LogP contribution in [0.25, 0.3) is 0 Å². The van der Waals surface area contributed by atoms with Crippen LogP contribution in [0.4, 0.5) is 0 Å². The lowest BCUT2D eigenvalue weighted by Gasteiger charge is -2.16. The SMILES string of the molecule is COCN(C)Cc1ccc(OC)c(OC)c1. The van der Waals surface area contributed by atoms with Gasteiger partial charge in [-0.2, -0.15) is 0 Å². The number of ether oxygens (including phenoxy) is 3. The summed E-state index contributed by atoms with van der Waals surface area (Å²) in [6, 6.07) is 5.91. The van der Waals surface area contributed by atoms with E-state index in [0.29, 0.717) is 6.73 Å². The van der Waals surface area contributed by atoms with Crippen molar-refractivity contribution in [2.24, 2.45) is 0 Å². The highest BCUT2D eigenvalue weighted by molar-refractivity contribution is 5.42. The van der Waals surface area contributed by atoms with Gasteiger partial charge in [-0.1, -0.05) is 6.07 Å². The third kappa shape index (κ3) is 3.40. The molecule has 0 radical (unpaired) electrons. The monoisotopic (exact) mass is 225 g/mol. The molecule has 1 rings (SSSR count). The first kappa shape index (κ1) is 12.8. The number of hydrogen-bond donors (Lipinski definition) is 0. The zero-order valence-corrected chi connectivity index (χ0v) is 10.3. The highest BCUT2D eigenvalue weighted by atomic mass is 16.5. The first-order valence-corrected chi connectivity index (χ1v) is 5.09. The van der Waals surface area contributed by atoms with Crippen molar-refractivity contribution in [1.82, 2.24) is 4.90 Å². The summed E-state index contributed by atoms with van der Waals surface area (Å²) in [7, 11) is 6.96. The molecule has 0 bridgehead atoms. The number of hydrogen-bond acceptors (Lipinski definition) is 4. The highest BCUT2D eigenvalue weighted by Crippen LogP contribution is 2.27.